The summed E-state index contributed by atoms with van der Waals surface area (Å²) in [6.07, 6.45) is 7.67. The Bertz CT molecular complexity index is 743. The predicted molar refractivity (Wildman–Crippen MR) is 95.5 cm³/mol. The Morgan fingerprint density at radius 3 is 2.88 bits per heavy atom. The molecule has 0 radical (unpaired) electrons. The van der Waals surface area contributed by atoms with Crippen LogP contribution in [0, 0.1) is 0 Å². The van der Waals surface area contributed by atoms with Gasteiger partial charge in [0.25, 0.3) is 0 Å². The Hall–Kier alpha value is -2.08. The van der Waals surface area contributed by atoms with E-state index >= 15 is 0 Å². The number of carbonyl (C=O) groups excluding carboxylic acids is 1. The van der Waals surface area contributed by atoms with E-state index in [1.54, 1.807) is 6.07 Å². The number of amides is 1. The summed E-state index contributed by atoms with van der Waals surface area (Å²) in [4.78, 5) is 23.8. The number of hydrogen-bond donors (Lipinski definition) is 1. The monoisotopic (exact) mass is 346 g/mol. The van der Waals surface area contributed by atoms with Crippen molar-refractivity contribution in [1.82, 2.24) is 9.88 Å². The highest BCUT2D eigenvalue weighted by Gasteiger charge is 2.13. The summed E-state index contributed by atoms with van der Waals surface area (Å²) in [6, 6.07) is 7.23. The van der Waals surface area contributed by atoms with E-state index in [4.69, 9.17) is 9.15 Å². The summed E-state index contributed by atoms with van der Waals surface area (Å²) in [7, 11) is 0. The minimum absolute atomic E-state index is 0.0603. The number of aryl methyl sites for hydroxylation is 1. The summed E-state index contributed by atoms with van der Waals surface area (Å²) in [5, 5.41) is 2.89. The van der Waals surface area contributed by atoms with Crippen molar-refractivity contribution in [2.24, 2.45) is 0 Å². The Kier molecular flexibility index (Phi) is 6.28. The molecule has 0 saturated heterocycles. The SMILES string of the molecule is O=C(CCn1c(=O)oc2ccccc21)NCCCOC1CCCCC1. The number of benzene rings is 1. The lowest BCUT2D eigenvalue weighted by molar-refractivity contribution is -0.121. The molecule has 1 aliphatic carbocycles. The molecule has 0 unspecified atom stereocenters. The molecule has 136 valence electrons. The Labute approximate surface area is 147 Å². The second-order valence-electron chi connectivity index (χ2n) is 6.57. The van der Waals surface area contributed by atoms with E-state index in [1.165, 1.54) is 36.7 Å². The zero-order valence-corrected chi connectivity index (χ0v) is 14.5. The smallest absolute Gasteiger partial charge is 0.408 e. The largest absolute Gasteiger partial charge is 0.419 e. The van der Waals surface area contributed by atoms with Crippen LogP contribution in [0.15, 0.2) is 33.5 Å². The Morgan fingerprint density at radius 1 is 1.24 bits per heavy atom. The molecule has 3 rings (SSSR count). The van der Waals surface area contributed by atoms with Crippen LogP contribution < -0.4 is 11.1 Å². The van der Waals surface area contributed by atoms with Crippen molar-refractivity contribution in [3.05, 3.63) is 34.8 Å². The molecule has 6 nitrogen and oxygen atoms in total. The molecule has 1 heterocycles. The maximum atomic E-state index is 12.0. The average molecular weight is 346 g/mol. The molecule has 0 atom stereocenters. The van der Waals surface area contributed by atoms with Crippen LogP contribution in [0.3, 0.4) is 0 Å². The fraction of sp³-hybridized carbons (Fsp3) is 0.579. The molecular formula is C19H26N2O4. The van der Waals surface area contributed by atoms with Crippen LogP contribution in [0.5, 0.6) is 0 Å². The number of hydrogen-bond acceptors (Lipinski definition) is 4. The van der Waals surface area contributed by atoms with Crippen LogP contribution in [0.2, 0.25) is 0 Å². The molecule has 0 bridgehead atoms. The normalized spacial score (nSPS) is 15.5. The van der Waals surface area contributed by atoms with E-state index in [0.29, 0.717) is 31.4 Å². The molecule has 0 aliphatic heterocycles. The topological polar surface area (TPSA) is 73.5 Å². The first-order chi connectivity index (χ1) is 12.2. The van der Waals surface area contributed by atoms with Gasteiger partial charge in [-0.2, -0.15) is 0 Å². The van der Waals surface area contributed by atoms with Gasteiger partial charge < -0.3 is 14.5 Å². The van der Waals surface area contributed by atoms with Gasteiger partial charge in [-0.05, 0) is 31.4 Å². The fourth-order valence-electron chi connectivity index (χ4n) is 3.31. The van der Waals surface area contributed by atoms with E-state index in [1.807, 2.05) is 18.2 Å². The number of nitrogens with one attached hydrogen (secondary N) is 1. The molecule has 25 heavy (non-hydrogen) atoms. The number of ether oxygens (including phenoxy) is 1. The zero-order chi connectivity index (χ0) is 17.5. The third-order valence-corrected chi connectivity index (χ3v) is 4.69. The number of nitrogens with zero attached hydrogens (tertiary/aromatic N) is 1. The quantitative estimate of drug-likeness (QED) is 0.746. The third kappa shape index (κ3) is 4.95. The lowest BCUT2D eigenvalue weighted by Gasteiger charge is -2.21. The van der Waals surface area contributed by atoms with Crippen LogP contribution >= 0.6 is 0 Å². The van der Waals surface area contributed by atoms with E-state index in [9.17, 15) is 9.59 Å². The van der Waals surface area contributed by atoms with Crippen molar-refractivity contribution in [3.63, 3.8) is 0 Å². The summed E-state index contributed by atoms with van der Waals surface area (Å²) in [5.74, 6) is -0.482. The Morgan fingerprint density at radius 2 is 2.04 bits per heavy atom. The van der Waals surface area contributed by atoms with Crippen LogP contribution in [0.25, 0.3) is 11.1 Å². The zero-order valence-electron chi connectivity index (χ0n) is 14.5. The number of rotatable bonds is 8. The summed E-state index contributed by atoms with van der Waals surface area (Å²) in [6.45, 7) is 1.61. The predicted octanol–water partition coefficient (Wildman–Crippen LogP) is 2.84. The van der Waals surface area contributed by atoms with Crippen LogP contribution in [0.4, 0.5) is 0 Å². The lowest BCUT2D eigenvalue weighted by Crippen LogP contribution is -2.28. The van der Waals surface area contributed by atoms with Gasteiger partial charge in [-0.25, -0.2) is 4.79 Å². The van der Waals surface area contributed by atoms with E-state index < -0.39 is 5.76 Å². The van der Waals surface area contributed by atoms with Crippen molar-refractivity contribution in [2.45, 2.75) is 57.6 Å². The van der Waals surface area contributed by atoms with Crippen LogP contribution in [-0.2, 0) is 16.1 Å². The molecule has 2 aromatic rings. The average Bonchev–Trinajstić information content (AvgIpc) is 2.95. The van der Waals surface area contributed by atoms with Gasteiger partial charge in [0.05, 0.1) is 11.6 Å². The lowest BCUT2D eigenvalue weighted by atomic mass is 9.98. The van der Waals surface area contributed by atoms with E-state index in [-0.39, 0.29) is 12.3 Å². The number of fused-ring (bicyclic) bond motifs is 1. The summed E-state index contributed by atoms with van der Waals surface area (Å²) >= 11 is 0. The molecule has 0 spiro atoms. The van der Waals surface area contributed by atoms with Gasteiger partial charge >= 0.3 is 5.76 Å². The van der Waals surface area contributed by atoms with Crippen molar-refractivity contribution in [2.75, 3.05) is 13.2 Å². The van der Waals surface area contributed by atoms with E-state index in [2.05, 4.69) is 5.32 Å². The second kappa shape index (κ2) is 8.85. The van der Waals surface area contributed by atoms with Gasteiger partial charge in [-0.1, -0.05) is 31.4 Å². The molecule has 1 aromatic heterocycles. The van der Waals surface area contributed by atoms with Crippen LogP contribution in [-0.4, -0.2) is 29.7 Å². The molecule has 6 heteroatoms. The molecule has 1 amide bonds. The van der Waals surface area contributed by atoms with Gasteiger partial charge in [-0.15, -0.1) is 0 Å². The van der Waals surface area contributed by atoms with Crippen LogP contribution in [0.1, 0.15) is 44.9 Å². The molecule has 1 N–H and O–H groups in total. The van der Waals surface area contributed by atoms with Gasteiger partial charge in [0.15, 0.2) is 5.58 Å². The number of aromatic nitrogens is 1. The molecular weight excluding hydrogens is 320 g/mol. The first-order valence-electron chi connectivity index (χ1n) is 9.21. The first-order valence-corrected chi connectivity index (χ1v) is 9.21. The number of para-hydroxylation sites is 2. The van der Waals surface area contributed by atoms with Crippen molar-refractivity contribution in [3.8, 4) is 0 Å². The summed E-state index contributed by atoms with van der Waals surface area (Å²) < 4.78 is 12.5. The standard InChI is InChI=1S/C19H26N2O4/c22-18(20-12-6-14-24-15-7-2-1-3-8-15)11-13-21-16-9-4-5-10-17(16)25-19(21)23/h4-5,9-10,15H,1-3,6-8,11-14H2,(H,20,22). The van der Waals surface area contributed by atoms with Crippen molar-refractivity contribution < 1.29 is 13.9 Å². The number of oxazole rings is 1. The number of carbonyl (C=O) groups is 1. The van der Waals surface area contributed by atoms with Gasteiger partial charge in [0.2, 0.25) is 5.91 Å². The minimum atomic E-state index is -0.421. The maximum Gasteiger partial charge on any atom is 0.419 e. The van der Waals surface area contributed by atoms with Crippen molar-refractivity contribution in [1.29, 1.82) is 0 Å². The Balaban J connectivity index is 1.35. The molecule has 1 saturated carbocycles. The first kappa shape index (κ1) is 17.7. The minimum Gasteiger partial charge on any atom is -0.408 e. The maximum absolute atomic E-state index is 12.0. The molecule has 1 fully saturated rings. The van der Waals surface area contributed by atoms with Gasteiger partial charge in [0, 0.05) is 26.1 Å². The highest BCUT2D eigenvalue weighted by molar-refractivity contribution is 5.76. The molecule has 1 aromatic carbocycles. The van der Waals surface area contributed by atoms with Gasteiger partial charge in [-0.3, -0.25) is 9.36 Å². The second-order valence-corrected chi connectivity index (χ2v) is 6.57. The highest BCUT2D eigenvalue weighted by Crippen LogP contribution is 2.20. The third-order valence-electron chi connectivity index (χ3n) is 4.69. The van der Waals surface area contributed by atoms with Crippen molar-refractivity contribution >= 4 is 17.0 Å². The summed E-state index contributed by atoms with van der Waals surface area (Å²) in [5.41, 5.74) is 1.27. The molecule has 1 aliphatic rings. The highest BCUT2D eigenvalue weighted by atomic mass is 16.5. The van der Waals surface area contributed by atoms with E-state index in [0.717, 1.165) is 11.9 Å². The van der Waals surface area contributed by atoms with Gasteiger partial charge in [0.1, 0.15) is 0 Å². The fourth-order valence-corrected chi connectivity index (χ4v) is 3.31.